The third-order valence-electron chi connectivity index (χ3n) is 1.97. The zero-order valence-electron chi connectivity index (χ0n) is 7.49. The molecule has 0 aromatic carbocycles. The van der Waals surface area contributed by atoms with Crippen LogP contribution in [0.5, 0.6) is 0 Å². The van der Waals surface area contributed by atoms with Crippen LogP contribution in [0.25, 0.3) is 0 Å². The molecule has 1 aliphatic heterocycles. The van der Waals surface area contributed by atoms with Gasteiger partial charge >= 0.3 is 0 Å². The Hall–Kier alpha value is -0.310. The number of hydrogen-bond donors (Lipinski definition) is 0. The molecule has 1 fully saturated rings. The monoisotopic (exact) mass is 188 g/mol. The molecule has 12 heavy (non-hydrogen) atoms. The lowest BCUT2D eigenvalue weighted by atomic mass is 10.1. The summed E-state index contributed by atoms with van der Waals surface area (Å²) in [6, 6.07) is 0. The van der Waals surface area contributed by atoms with Gasteiger partial charge in [0.15, 0.2) is 0 Å². The molecule has 1 saturated heterocycles. The third-order valence-corrected chi connectivity index (χ3v) is 3.56. The van der Waals surface area contributed by atoms with Crippen LogP contribution in [-0.4, -0.2) is 22.3 Å². The van der Waals surface area contributed by atoms with Crippen molar-refractivity contribution in [3.63, 3.8) is 0 Å². The van der Waals surface area contributed by atoms with Crippen LogP contribution in [-0.2, 0) is 15.5 Å². The van der Waals surface area contributed by atoms with Crippen molar-refractivity contribution < 1.29 is 8.95 Å². The van der Waals surface area contributed by atoms with Gasteiger partial charge in [-0.05, 0) is 19.8 Å². The van der Waals surface area contributed by atoms with Gasteiger partial charge < -0.3 is 4.74 Å². The second kappa shape index (κ2) is 5.36. The molecule has 0 amide bonds. The van der Waals surface area contributed by atoms with Crippen LogP contribution in [0.2, 0.25) is 0 Å². The molecular formula is C9H16O2S. The average molecular weight is 188 g/mol. The Morgan fingerprint density at radius 3 is 3.17 bits per heavy atom. The Morgan fingerprint density at radius 1 is 1.67 bits per heavy atom. The minimum atomic E-state index is -0.580. The molecule has 0 radical (unpaired) electrons. The fourth-order valence-corrected chi connectivity index (χ4v) is 2.83. The molecule has 0 saturated carbocycles. The second-order valence-electron chi connectivity index (χ2n) is 3.12. The van der Waals surface area contributed by atoms with Crippen LogP contribution in [0, 0.1) is 5.92 Å². The standard InChI is InChI=1S/C9H16O2S/c1-2-5-11-7-9-4-3-6-12(10)8-9/h2,5,9H,3-4,6-8H2,1H3/b5-2+. The van der Waals surface area contributed by atoms with Crippen LogP contribution in [0.3, 0.4) is 0 Å². The lowest BCUT2D eigenvalue weighted by molar-refractivity contribution is 0.196. The number of allylic oxidation sites excluding steroid dienone is 1. The molecule has 0 spiro atoms. The maximum atomic E-state index is 11.1. The molecule has 0 aromatic rings. The van der Waals surface area contributed by atoms with Crippen molar-refractivity contribution in [1.82, 2.24) is 0 Å². The molecule has 3 heteroatoms. The van der Waals surface area contributed by atoms with Crippen LogP contribution in [0.15, 0.2) is 12.3 Å². The zero-order valence-corrected chi connectivity index (χ0v) is 8.31. The molecule has 0 aromatic heterocycles. The quantitative estimate of drug-likeness (QED) is 0.630. The van der Waals surface area contributed by atoms with Gasteiger partial charge in [0.1, 0.15) is 0 Å². The Labute approximate surface area is 76.5 Å². The number of hydrogen-bond acceptors (Lipinski definition) is 2. The summed E-state index contributed by atoms with van der Waals surface area (Å²) in [4.78, 5) is 0. The Morgan fingerprint density at radius 2 is 2.50 bits per heavy atom. The smallest absolute Gasteiger partial charge is 0.0910 e. The molecule has 2 unspecified atom stereocenters. The van der Waals surface area contributed by atoms with Crippen molar-refractivity contribution >= 4 is 10.8 Å². The van der Waals surface area contributed by atoms with Gasteiger partial charge in [-0.2, -0.15) is 0 Å². The summed E-state index contributed by atoms with van der Waals surface area (Å²) in [5.74, 6) is 2.23. The van der Waals surface area contributed by atoms with E-state index >= 15 is 0 Å². The first-order valence-corrected chi connectivity index (χ1v) is 5.89. The van der Waals surface area contributed by atoms with Gasteiger partial charge in [-0.1, -0.05) is 6.08 Å². The third kappa shape index (κ3) is 3.39. The summed E-state index contributed by atoms with van der Waals surface area (Å²) < 4.78 is 16.4. The van der Waals surface area contributed by atoms with E-state index in [-0.39, 0.29) is 0 Å². The summed E-state index contributed by atoms with van der Waals surface area (Å²) >= 11 is 0. The highest BCUT2D eigenvalue weighted by molar-refractivity contribution is 7.85. The molecule has 0 aliphatic carbocycles. The average Bonchev–Trinajstić information content (AvgIpc) is 2.05. The summed E-state index contributed by atoms with van der Waals surface area (Å²) in [6.07, 6.45) is 5.84. The Bertz CT molecular complexity index is 177. The van der Waals surface area contributed by atoms with E-state index in [1.54, 1.807) is 6.26 Å². The van der Waals surface area contributed by atoms with E-state index in [2.05, 4.69) is 0 Å². The first-order valence-electron chi connectivity index (χ1n) is 4.40. The predicted octanol–water partition coefficient (Wildman–Crippen LogP) is 1.70. The predicted molar refractivity (Wildman–Crippen MR) is 51.4 cm³/mol. The second-order valence-corrected chi connectivity index (χ2v) is 4.74. The van der Waals surface area contributed by atoms with E-state index in [1.165, 1.54) is 6.42 Å². The maximum Gasteiger partial charge on any atom is 0.0910 e. The lowest BCUT2D eigenvalue weighted by Crippen LogP contribution is -2.23. The summed E-state index contributed by atoms with van der Waals surface area (Å²) in [6.45, 7) is 2.66. The summed E-state index contributed by atoms with van der Waals surface area (Å²) in [5.41, 5.74) is 0. The van der Waals surface area contributed by atoms with Crippen molar-refractivity contribution in [1.29, 1.82) is 0 Å². The lowest BCUT2D eigenvalue weighted by Gasteiger charge is -2.20. The van der Waals surface area contributed by atoms with Gasteiger partial charge in [-0.3, -0.25) is 4.21 Å². The summed E-state index contributed by atoms with van der Waals surface area (Å²) in [7, 11) is -0.580. The van der Waals surface area contributed by atoms with Crippen LogP contribution >= 0.6 is 0 Å². The molecule has 0 bridgehead atoms. The van der Waals surface area contributed by atoms with Crippen molar-refractivity contribution in [3.8, 4) is 0 Å². The fraction of sp³-hybridized carbons (Fsp3) is 0.778. The maximum absolute atomic E-state index is 11.1. The molecule has 70 valence electrons. The molecule has 1 aliphatic rings. The van der Waals surface area contributed by atoms with Gasteiger partial charge in [-0.25, -0.2) is 0 Å². The number of rotatable bonds is 3. The van der Waals surface area contributed by atoms with Gasteiger partial charge in [0.2, 0.25) is 0 Å². The Balaban J connectivity index is 2.18. The summed E-state index contributed by atoms with van der Waals surface area (Å²) in [5, 5.41) is 0. The molecule has 0 N–H and O–H groups in total. The van der Waals surface area contributed by atoms with Gasteiger partial charge in [0.05, 0.1) is 12.9 Å². The first-order chi connectivity index (χ1) is 5.83. The van der Waals surface area contributed by atoms with Crippen LogP contribution in [0.4, 0.5) is 0 Å². The van der Waals surface area contributed by atoms with E-state index in [4.69, 9.17) is 4.74 Å². The Kier molecular flexibility index (Phi) is 4.36. The van der Waals surface area contributed by atoms with Crippen molar-refractivity contribution in [2.75, 3.05) is 18.1 Å². The number of ether oxygens (including phenoxy) is 1. The molecule has 1 rings (SSSR count). The van der Waals surface area contributed by atoms with Crippen molar-refractivity contribution in [3.05, 3.63) is 12.3 Å². The van der Waals surface area contributed by atoms with E-state index in [0.717, 1.165) is 24.5 Å². The molecule has 2 atom stereocenters. The fourth-order valence-electron chi connectivity index (χ4n) is 1.38. The van der Waals surface area contributed by atoms with Gasteiger partial charge in [0, 0.05) is 28.2 Å². The van der Waals surface area contributed by atoms with E-state index in [0.29, 0.717) is 5.92 Å². The van der Waals surface area contributed by atoms with E-state index in [9.17, 15) is 4.21 Å². The highest BCUT2D eigenvalue weighted by Crippen LogP contribution is 2.15. The van der Waals surface area contributed by atoms with E-state index < -0.39 is 10.8 Å². The van der Waals surface area contributed by atoms with E-state index in [1.807, 2.05) is 13.0 Å². The zero-order chi connectivity index (χ0) is 8.81. The molecular weight excluding hydrogens is 172 g/mol. The normalized spacial score (nSPS) is 30.8. The molecule has 1 heterocycles. The highest BCUT2D eigenvalue weighted by atomic mass is 32.2. The largest absolute Gasteiger partial charge is 0.501 e. The van der Waals surface area contributed by atoms with Crippen LogP contribution < -0.4 is 0 Å². The van der Waals surface area contributed by atoms with Crippen LogP contribution in [0.1, 0.15) is 19.8 Å². The van der Waals surface area contributed by atoms with Gasteiger partial charge in [-0.15, -0.1) is 0 Å². The highest BCUT2D eigenvalue weighted by Gasteiger charge is 2.18. The molecule has 2 nitrogen and oxygen atoms in total. The van der Waals surface area contributed by atoms with Gasteiger partial charge in [0.25, 0.3) is 0 Å². The topological polar surface area (TPSA) is 26.3 Å². The first kappa shape index (κ1) is 9.78. The van der Waals surface area contributed by atoms with Crippen molar-refractivity contribution in [2.45, 2.75) is 19.8 Å². The SMILES string of the molecule is C/C=C/OCC1CCCS(=O)C1. The van der Waals surface area contributed by atoms with Crippen molar-refractivity contribution in [2.24, 2.45) is 5.92 Å². The minimum Gasteiger partial charge on any atom is -0.501 e. The minimum absolute atomic E-state index is 0.510.